The summed E-state index contributed by atoms with van der Waals surface area (Å²) in [5, 5.41) is 31.2. The van der Waals surface area contributed by atoms with Gasteiger partial charge in [-0.2, -0.15) is 5.26 Å². The summed E-state index contributed by atoms with van der Waals surface area (Å²) >= 11 is 9.65. The molecule has 0 atom stereocenters. The monoisotopic (exact) mass is 544 g/mol. The Morgan fingerprint density at radius 1 is 1.12 bits per heavy atom. The number of rotatable bonds is 3. The van der Waals surface area contributed by atoms with Crippen molar-refractivity contribution in [2.75, 3.05) is 5.32 Å². The van der Waals surface area contributed by atoms with Gasteiger partial charge in [0.1, 0.15) is 11.6 Å². The number of hydrogen-bond donors (Lipinski definition) is 3. The van der Waals surface area contributed by atoms with E-state index < -0.39 is 5.91 Å². The van der Waals surface area contributed by atoms with Crippen molar-refractivity contribution in [3.8, 4) is 17.6 Å². The molecule has 2 aromatic rings. The number of nitriles is 1. The second kappa shape index (κ2) is 10.4. The minimum Gasteiger partial charge on any atom is -0.504 e. The lowest BCUT2D eigenvalue weighted by Gasteiger charge is -2.08. The zero-order valence-electron chi connectivity index (χ0n) is 13.8. The molecular formula is C18H15Br3N2O3. The summed E-state index contributed by atoms with van der Waals surface area (Å²) in [4.78, 5) is 12.2. The summed E-state index contributed by atoms with van der Waals surface area (Å²) in [5.41, 5.74) is 0.744. The predicted octanol–water partition coefficient (Wildman–Crippen LogP) is 5.96. The molecule has 0 bridgehead atoms. The minimum absolute atomic E-state index is 0.157. The van der Waals surface area contributed by atoms with Gasteiger partial charge in [0.25, 0.3) is 5.91 Å². The Hall–Kier alpha value is -1.82. The maximum atomic E-state index is 12.2. The smallest absolute Gasteiger partial charge is 0.266 e. The van der Waals surface area contributed by atoms with Crippen LogP contribution in [0.5, 0.6) is 11.5 Å². The highest BCUT2D eigenvalue weighted by molar-refractivity contribution is 9.13. The fourth-order valence-electron chi connectivity index (χ4n) is 1.76. The number of benzene rings is 2. The van der Waals surface area contributed by atoms with Crippen LogP contribution in [0.3, 0.4) is 0 Å². The molecule has 0 saturated heterocycles. The van der Waals surface area contributed by atoms with Gasteiger partial charge in [-0.15, -0.1) is 0 Å². The molecule has 8 heteroatoms. The predicted molar refractivity (Wildman–Crippen MR) is 113 cm³/mol. The molecule has 0 spiro atoms. The minimum atomic E-state index is -0.588. The maximum Gasteiger partial charge on any atom is 0.266 e. The van der Waals surface area contributed by atoms with Gasteiger partial charge in [-0.05, 0) is 73.8 Å². The van der Waals surface area contributed by atoms with Gasteiger partial charge < -0.3 is 15.5 Å². The first-order valence-electron chi connectivity index (χ1n) is 7.42. The van der Waals surface area contributed by atoms with Gasteiger partial charge in [0, 0.05) is 14.6 Å². The Bertz CT molecular complexity index is 873. The van der Waals surface area contributed by atoms with Gasteiger partial charge >= 0.3 is 0 Å². The van der Waals surface area contributed by atoms with E-state index in [1.54, 1.807) is 24.3 Å². The van der Waals surface area contributed by atoms with E-state index in [-0.39, 0.29) is 21.5 Å². The van der Waals surface area contributed by atoms with E-state index in [4.69, 9.17) is 0 Å². The van der Waals surface area contributed by atoms with Crippen molar-refractivity contribution < 1.29 is 15.0 Å². The second-order valence-electron chi connectivity index (χ2n) is 4.59. The Labute approximate surface area is 176 Å². The quantitative estimate of drug-likeness (QED) is 0.252. The fraction of sp³-hybridized carbons (Fsp3) is 0.111. The number of amides is 1. The van der Waals surface area contributed by atoms with Crippen molar-refractivity contribution in [2.45, 2.75) is 13.8 Å². The van der Waals surface area contributed by atoms with Crippen LogP contribution in [0.4, 0.5) is 5.69 Å². The molecule has 0 aliphatic carbocycles. The van der Waals surface area contributed by atoms with Crippen LogP contribution >= 0.6 is 47.8 Å². The second-order valence-corrected chi connectivity index (χ2v) is 7.09. The van der Waals surface area contributed by atoms with Crippen LogP contribution in [-0.4, -0.2) is 16.1 Å². The number of phenols is 2. The summed E-state index contributed by atoms with van der Waals surface area (Å²) in [6, 6.07) is 9.97. The van der Waals surface area contributed by atoms with Crippen molar-refractivity contribution in [2.24, 2.45) is 0 Å². The molecule has 2 rings (SSSR count). The van der Waals surface area contributed by atoms with E-state index in [2.05, 4.69) is 53.1 Å². The van der Waals surface area contributed by atoms with Gasteiger partial charge in [0.2, 0.25) is 0 Å². The van der Waals surface area contributed by atoms with E-state index in [0.717, 1.165) is 4.47 Å². The van der Waals surface area contributed by atoms with Crippen molar-refractivity contribution in [3.63, 3.8) is 0 Å². The van der Waals surface area contributed by atoms with Gasteiger partial charge in [-0.25, -0.2) is 0 Å². The van der Waals surface area contributed by atoms with Crippen LogP contribution < -0.4 is 5.32 Å². The number of aromatic hydroxyl groups is 2. The van der Waals surface area contributed by atoms with Gasteiger partial charge in [-0.3, -0.25) is 4.79 Å². The van der Waals surface area contributed by atoms with E-state index in [9.17, 15) is 20.3 Å². The lowest BCUT2D eigenvalue weighted by Crippen LogP contribution is -2.13. The summed E-state index contributed by atoms with van der Waals surface area (Å²) < 4.78 is 1.49. The number of carbonyl (C=O) groups is 1. The molecule has 0 fully saturated rings. The van der Waals surface area contributed by atoms with Crippen LogP contribution in [0.1, 0.15) is 19.4 Å². The molecule has 1 amide bonds. The summed E-state index contributed by atoms with van der Waals surface area (Å²) in [5.74, 6) is -1.30. The number of nitrogens with one attached hydrogen (secondary N) is 1. The van der Waals surface area contributed by atoms with Crippen molar-refractivity contribution in [1.82, 2.24) is 0 Å². The Morgan fingerprint density at radius 3 is 2.23 bits per heavy atom. The van der Waals surface area contributed by atoms with E-state index in [1.165, 1.54) is 12.1 Å². The molecule has 3 N–H and O–H groups in total. The molecule has 136 valence electrons. The molecule has 0 radical (unpaired) electrons. The third-order valence-corrected chi connectivity index (χ3v) is 5.64. The van der Waals surface area contributed by atoms with Gasteiger partial charge in [-0.1, -0.05) is 29.8 Å². The first kappa shape index (κ1) is 22.2. The maximum absolute atomic E-state index is 12.2. The third-order valence-electron chi connectivity index (χ3n) is 2.96. The zero-order chi connectivity index (χ0) is 19.9. The van der Waals surface area contributed by atoms with Gasteiger partial charge in [0.05, 0.1) is 4.47 Å². The topological polar surface area (TPSA) is 93.3 Å². The largest absolute Gasteiger partial charge is 0.504 e. The molecule has 0 aliphatic heterocycles. The third kappa shape index (κ3) is 5.59. The fourth-order valence-corrected chi connectivity index (χ4v) is 2.88. The number of hydrogen-bond acceptors (Lipinski definition) is 4. The summed E-state index contributed by atoms with van der Waals surface area (Å²) in [6.07, 6.45) is 1.31. The number of carbonyl (C=O) groups excluding carboxylic acids is 1. The zero-order valence-corrected chi connectivity index (χ0v) is 18.6. The Morgan fingerprint density at radius 2 is 1.69 bits per heavy atom. The molecule has 26 heavy (non-hydrogen) atoms. The molecule has 0 aliphatic rings. The molecular weight excluding hydrogens is 532 g/mol. The Kier molecular flexibility index (Phi) is 8.85. The normalized spacial score (nSPS) is 10.4. The SMILES string of the molecule is CC.N#C/C(=C/c1cc(O)c(O)c(Br)c1Br)C(=O)Nc1ccc(Br)cc1. The highest BCUT2D eigenvalue weighted by Gasteiger charge is 2.15. The number of nitrogens with zero attached hydrogens (tertiary/aromatic N) is 1. The first-order valence-corrected chi connectivity index (χ1v) is 9.80. The van der Waals surface area contributed by atoms with Crippen molar-refractivity contribution in [1.29, 1.82) is 5.26 Å². The highest BCUT2D eigenvalue weighted by atomic mass is 79.9. The summed E-state index contributed by atoms with van der Waals surface area (Å²) in [7, 11) is 0. The molecule has 2 aromatic carbocycles. The lowest BCUT2D eigenvalue weighted by atomic mass is 10.1. The molecule has 0 unspecified atom stereocenters. The van der Waals surface area contributed by atoms with Crippen molar-refractivity contribution >= 4 is 65.5 Å². The average molecular weight is 547 g/mol. The van der Waals surface area contributed by atoms with E-state index in [0.29, 0.717) is 15.7 Å². The van der Waals surface area contributed by atoms with Crippen LogP contribution in [-0.2, 0) is 4.79 Å². The van der Waals surface area contributed by atoms with Crippen LogP contribution in [0, 0.1) is 11.3 Å². The first-order chi connectivity index (χ1) is 12.3. The molecule has 0 saturated carbocycles. The molecule has 5 nitrogen and oxygen atoms in total. The average Bonchev–Trinajstić information content (AvgIpc) is 2.65. The van der Waals surface area contributed by atoms with Crippen LogP contribution in [0.15, 0.2) is 49.3 Å². The Balaban J connectivity index is 0.00000163. The van der Waals surface area contributed by atoms with Gasteiger partial charge in [0.15, 0.2) is 11.5 Å². The van der Waals surface area contributed by atoms with E-state index >= 15 is 0 Å². The lowest BCUT2D eigenvalue weighted by molar-refractivity contribution is -0.112. The standard InChI is InChI=1S/C16H9Br3N2O3.C2H6/c17-10-1-3-11(4-2-10)21-16(24)9(7-20)5-8-6-12(22)15(23)14(19)13(8)18;1-2/h1-6,22-23H,(H,21,24);1-2H3/b9-5-;. The number of halogens is 3. The highest BCUT2D eigenvalue weighted by Crippen LogP contribution is 2.41. The number of anilines is 1. The van der Waals surface area contributed by atoms with Crippen molar-refractivity contribution in [3.05, 3.63) is 54.9 Å². The molecule has 0 heterocycles. The van der Waals surface area contributed by atoms with Crippen LogP contribution in [0.2, 0.25) is 0 Å². The molecule has 0 aromatic heterocycles. The summed E-state index contributed by atoms with van der Waals surface area (Å²) in [6.45, 7) is 4.00. The van der Waals surface area contributed by atoms with Crippen LogP contribution in [0.25, 0.3) is 6.08 Å². The van der Waals surface area contributed by atoms with E-state index in [1.807, 2.05) is 19.9 Å². The number of phenolic OH excluding ortho intramolecular Hbond substituents is 2.